The summed E-state index contributed by atoms with van der Waals surface area (Å²) in [5.41, 5.74) is 5.10. The van der Waals surface area contributed by atoms with Crippen LogP contribution in [0.5, 0.6) is 0 Å². The zero-order valence-electron chi connectivity index (χ0n) is 15.6. The van der Waals surface area contributed by atoms with E-state index in [0.717, 1.165) is 45.8 Å². The fourth-order valence-electron chi connectivity index (χ4n) is 4.45. The fraction of sp³-hybridized carbons (Fsp3) is 0.304. The molecule has 2 heterocycles. The standard InChI is InChI=1S/C23H22ClN3O/c24-22-14-18-15-26(19-4-1-2-5-19)23(28)21(18)13-17(22)12-16-6-8-20(9-7-16)27-11-3-10-25-27/h3,6-11,13-14,19H,1-2,4-5,12,15H2. The molecule has 1 fully saturated rings. The Bertz CT molecular complexity index is 1010. The molecule has 3 aromatic rings. The largest absolute Gasteiger partial charge is 0.331 e. The Kier molecular flexibility index (Phi) is 4.44. The second-order valence-corrected chi connectivity index (χ2v) is 8.17. The van der Waals surface area contributed by atoms with Crippen molar-refractivity contribution in [1.29, 1.82) is 0 Å². The van der Waals surface area contributed by atoms with E-state index in [2.05, 4.69) is 34.3 Å². The summed E-state index contributed by atoms with van der Waals surface area (Å²) in [4.78, 5) is 15.0. The van der Waals surface area contributed by atoms with Gasteiger partial charge in [-0.15, -0.1) is 0 Å². The van der Waals surface area contributed by atoms with Gasteiger partial charge in [0.15, 0.2) is 0 Å². The number of halogens is 1. The van der Waals surface area contributed by atoms with Gasteiger partial charge in [-0.2, -0.15) is 5.10 Å². The molecule has 0 atom stereocenters. The van der Waals surface area contributed by atoms with Gasteiger partial charge in [-0.25, -0.2) is 4.68 Å². The lowest BCUT2D eigenvalue weighted by molar-refractivity contribution is 0.0707. The van der Waals surface area contributed by atoms with Crippen molar-refractivity contribution in [3.05, 3.63) is 82.1 Å². The first kappa shape index (κ1) is 17.5. The summed E-state index contributed by atoms with van der Waals surface area (Å²) >= 11 is 6.58. The number of aromatic nitrogens is 2. The number of rotatable bonds is 4. The van der Waals surface area contributed by atoms with Crippen LogP contribution in [-0.2, 0) is 13.0 Å². The number of hydrogen-bond donors (Lipinski definition) is 0. The first-order valence-corrected chi connectivity index (χ1v) is 10.3. The molecule has 28 heavy (non-hydrogen) atoms. The minimum Gasteiger partial charge on any atom is -0.331 e. The third kappa shape index (κ3) is 3.12. The molecule has 4 nitrogen and oxygen atoms in total. The van der Waals surface area contributed by atoms with Gasteiger partial charge in [-0.3, -0.25) is 4.79 Å². The van der Waals surface area contributed by atoms with Crippen LogP contribution >= 0.6 is 11.6 Å². The maximum Gasteiger partial charge on any atom is 0.254 e. The zero-order valence-corrected chi connectivity index (χ0v) is 16.4. The highest BCUT2D eigenvalue weighted by Crippen LogP contribution is 2.34. The number of nitrogens with zero attached hydrogens (tertiary/aromatic N) is 3. The van der Waals surface area contributed by atoms with Crippen molar-refractivity contribution in [2.45, 2.75) is 44.7 Å². The van der Waals surface area contributed by atoms with Gasteiger partial charge in [0, 0.05) is 35.6 Å². The van der Waals surface area contributed by atoms with E-state index in [1.54, 1.807) is 6.20 Å². The van der Waals surface area contributed by atoms with Crippen LogP contribution in [-0.4, -0.2) is 26.6 Å². The number of benzene rings is 2. The molecule has 0 radical (unpaired) electrons. The van der Waals surface area contributed by atoms with Crippen molar-refractivity contribution in [2.75, 3.05) is 0 Å². The lowest BCUT2D eigenvalue weighted by Crippen LogP contribution is -2.33. The van der Waals surface area contributed by atoms with E-state index in [1.165, 1.54) is 12.8 Å². The molecule has 1 aromatic heterocycles. The van der Waals surface area contributed by atoms with Crippen LogP contribution in [0.15, 0.2) is 54.9 Å². The van der Waals surface area contributed by atoms with Gasteiger partial charge < -0.3 is 4.90 Å². The predicted molar refractivity (Wildman–Crippen MR) is 110 cm³/mol. The highest BCUT2D eigenvalue weighted by atomic mass is 35.5. The van der Waals surface area contributed by atoms with Crippen molar-refractivity contribution >= 4 is 17.5 Å². The molecule has 2 aliphatic rings. The van der Waals surface area contributed by atoms with E-state index in [1.807, 2.05) is 29.1 Å². The van der Waals surface area contributed by atoms with E-state index < -0.39 is 0 Å². The quantitative estimate of drug-likeness (QED) is 0.626. The normalized spacial score (nSPS) is 16.8. The maximum absolute atomic E-state index is 12.9. The van der Waals surface area contributed by atoms with Gasteiger partial charge >= 0.3 is 0 Å². The van der Waals surface area contributed by atoms with E-state index in [9.17, 15) is 4.79 Å². The van der Waals surface area contributed by atoms with Crippen LogP contribution in [0.2, 0.25) is 5.02 Å². The minimum atomic E-state index is 0.175. The Morgan fingerprint density at radius 3 is 2.61 bits per heavy atom. The van der Waals surface area contributed by atoms with E-state index in [-0.39, 0.29) is 5.91 Å². The molecule has 1 saturated carbocycles. The smallest absolute Gasteiger partial charge is 0.254 e. The summed E-state index contributed by atoms with van der Waals surface area (Å²) < 4.78 is 1.84. The number of carbonyl (C=O) groups excluding carboxylic acids is 1. The maximum atomic E-state index is 12.9. The van der Waals surface area contributed by atoms with Gasteiger partial charge in [0.1, 0.15) is 0 Å². The molecule has 1 aliphatic heterocycles. The molecule has 0 bridgehead atoms. The molecule has 5 rings (SSSR count). The number of fused-ring (bicyclic) bond motifs is 1. The number of carbonyl (C=O) groups is 1. The predicted octanol–water partition coefficient (Wildman–Crippen LogP) is 5.01. The average Bonchev–Trinajstić information content (AvgIpc) is 3.45. The van der Waals surface area contributed by atoms with Gasteiger partial charge in [0.25, 0.3) is 5.91 Å². The Morgan fingerprint density at radius 2 is 1.89 bits per heavy atom. The first-order valence-electron chi connectivity index (χ1n) is 9.90. The third-order valence-electron chi connectivity index (χ3n) is 5.97. The van der Waals surface area contributed by atoms with Crippen molar-refractivity contribution in [3.63, 3.8) is 0 Å². The molecular formula is C23H22ClN3O. The fourth-order valence-corrected chi connectivity index (χ4v) is 4.71. The molecule has 1 amide bonds. The van der Waals surface area contributed by atoms with E-state index >= 15 is 0 Å². The molecule has 0 N–H and O–H groups in total. The van der Waals surface area contributed by atoms with Crippen molar-refractivity contribution in [1.82, 2.24) is 14.7 Å². The van der Waals surface area contributed by atoms with Gasteiger partial charge in [0.2, 0.25) is 0 Å². The summed E-state index contributed by atoms with van der Waals surface area (Å²) in [5.74, 6) is 0.175. The monoisotopic (exact) mass is 391 g/mol. The Labute approximate surface area is 169 Å². The third-order valence-corrected chi connectivity index (χ3v) is 6.32. The number of amides is 1. The summed E-state index contributed by atoms with van der Waals surface area (Å²) in [6.45, 7) is 0.706. The Morgan fingerprint density at radius 1 is 1.11 bits per heavy atom. The summed E-state index contributed by atoms with van der Waals surface area (Å²) in [5, 5.41) is 5.00. The summed E-state index contributed by atoms with van der Waals surface area (Å²) in [6, 6.07) is 14.6. The van der Waals surface area contributed by atoms with E-state index in [4.69, 9.17) is 11.6 Å². The van der Waals surface area contributed by atoms with Crippen LogP contribution < -0.4 is 0 Å². The highest BCUT2D eigenvalue weighted by Gasteiger charge is 2.34. The van der Waals surface area contributed by atoms with Crippen molar-refractivity contribution in [2.24, 2.45) is 0 Å². The van der Waals surface area contributed by atoms with Crippen LogP contribution in [0.3, 0.4) is 0 Å². The Hall–Kier alpha value is -2.59. The van der Waals surface area contributed by atoms with Crippen LogP contribution in [0.4, 0.5) is 0 Å². The Balaban J connectivity index is 1.38. The molecule has 5 heteroatoms. The van der Waals surface area contributed by atoms with Gasteiger partial charge in [0.05, 0.1) is 5.69 Å². The van der Waals surface area contributed by atoms with Gasteiger partial charge in [-0.05, 0) is 66.3 Å². The summed E-state index contributed by atoms with van der Waals surface area (Å²) in [7, 11) is 0. The number of hydrogen-bond acceptors (Lipinski definition) is 2. The lowest BCUT2D eigenvalue weighted by Gasteiger charge is -2.23. The van der Waals surface area contributed by atoms with E-state index in [0.29, 0.717) is 19.0 Å². The molecule has 0 unspecified atom stereocenters. The van der Waals surface area contributed by atoms with Crippen LogP contribution in [0, 0.1) is 0 Å². The SMILES string of the molecule is O=C1c2cc(Cc3ccc(-n4cccn4)cc3)c(Cl)cc2CN1C1CCCC1. The van der Waals surface area contributed by atoms with Crippen LogP contribution in [0.25, 0.3) is 5.69 Å². The topological polar surface area (TPSA) is 38.1 Å². The van der Waals surface area contributed by atoms with Crippen molar-refractivity contribution in [3.8, 4) is 5.69 Å². The molecular weight excluding hydrogens is 370 g/mol. The highest BCUT2D eigenvalue weighted by molar-refractivity contribution is 6.31. The second kappa shape index (κ2) is 7.10. The first-order chi connectivity index (χ1) is 13.7. The minimum absolute atomic E-state index is 0.175. The van der Waals surface area contributed by atoms with Crippen molar-refractivity contribution < 1.29 is 4.79 Å². The average molecular weight is 392 g/mol. The molecule has 2 aromatic carbocycles. The second-order valence-electron chi connectivity index (χ2n) is 7.77. The zero-order chi connectivity index (χ0) is 19.1. The molecule has 142 valence electrons. The molecule has 0 spiro atoms. The summed E-state index contributed by atoms with van der Waals surface area (Å²) in [6.07, 6.45) is 9.11. The lowest BCUT2D eigenvalue weighted by atomic mass is 10.00. The molecule has 1 aliphatic carbocycles. The van der Waals surface area contributed by atoms with Gasteiger partial charge in [-0.1, -0.05) is 36.6 Å². The van der Waals surface area contributed by atoms with Crippen LogP contribution in [0.1, 0.15) is 52.7 Å². The molecule has 0 saturated heterocycles.